The monoisotopic (exact) mass is 489 g/mol. The van der Waals surface area contributed by atoms with E-state index in [0.29, 0.717) is 24.7 Å². The highest BCUT2D eigenvalue weighted by Crippen LogP contribution is 2.29. The Morgan fingerprint density at radius 1 is 1.20 bits per heavy atom. The summed E-state index contributed by atoms with van der Waals surface area (Å²) in [5, 5.41) is 8.50. The summed E-state index contributed by atoms with van der Waals surface area (Å²) in [5.74, 6) is 1.63. The molecule has 0 aliphatic carbocycles. The van der Waals surface area contributed by atoms with Crippen molar-refractivity contribution in [3.8, 4) is 17.0 Å². The summed E-state index contributed by atoms with van der Waals surface area (Å²) in [6.07, 6.45) is 5.39. The molecule has 2 aromatic carbocycles. The van der Waals surface area contributed by atoms with Gasteiger partial charge in [-0.3, -0.25) is 4.79 Å². The Kier molecular flexibility index (Phi) is 6.86. The molecule has 8 heteroatoms. The van der Waals surface area contributed by atoms with Gasteiger partial charge in [-0.25, -0.2) is 9.50 Å². The number of rotatable bonds is 7. The third-order valence-electron chi connectivity index (χ3n) is 6.26. The number of piperidine rings is 1. The number of aromatic nitrogens is 3. The Labute approximate surface area is 209 Å². The van der Waals surface area contributed by atoms with Gasteiger partial charge < -0.3 is 15.0 Å². The average Bonchev–Trinajstić information content (AvgIpc) is 3.33. The van der Waals surface area contributed by atoms with Crippen LogP contribution >= 0.6 is 11.6 Å². The van der Waals surface area contributed by atoms with E-state index in [1.54, 1.807) is 6.20 Å². The van der Waals surface area contributed by atoms with E-state index in [1.165, 1.54) is 0 Å². The molecule has 4 aromatic rings. The number of halogens is 1. The van der Waals surface area contributed by atoms with E-state index in [4.69, 9.17) is 21.4 Å². The standard InChI is InChI=1S/C27H28ClN5O2/c1-2-35-23-10-3-6-19(14-23)17-30-27(34)21-8-5-12-32(18-21)26-25-16-24(31-33(25)13-11-29-26)20-7-4-9-22(28)15-20/h3-4,6-7,9-11,13-16,21H,2,5,8,12,17-18H2,1H3,(H,30,34)/t21-/m1/s1. The van der Waals surface area contributed by atoms with Crippen molar-refractivity contribution in [2.75, 3.05) is 24.6 Å². The van der Waals surface area contributed by atoms with Gasteiger partial charge in [-0.15, -0.1) is 0 Å². The lowest BCUT2D eigenvalue weighted by molar-refractivity contribution is -0.125. The number of nitrogens with one attached hydrogen (secondary N) is 1. The minimum absolute atomic E-state index is 0.0663. The molecule has 1 amide bonds. The molecular formula is C27H28ClN5O2. The Bertz CT molecular complexity index is 1340. The van der Waals surface area contributed by atoms with E-state index in [0.717, 1.165) is 53.3 Å². The second kappa shape index (κ2) is 10.4. The number of fused-ring (bicyclic) bond motifs is 1. The third kappa shape index (κ3) is 5.25. The number of carbonyl (C=O) groups is 1. The third-order valence-corrected chi connectivity index (χ3v) is 6.49. The highest BCUT2D eigenvalue weighted by molar-refractivity contribution is 6.30. The van der Waals surface area contributed by atoms with E-state index in [-0.39, 0.29) is 11.8 Å². The SMILES string of the molecule is CCOc1cccc(CNC(=O)[C@@H]2CCCN(c3nccn4nc(-c5cccc(Cl)c5)cc34)C2)c1. The van der Waals surface area contributed by atoms with Crippen molar-refractivity contribution in [3.05, 3.63) is 77.6 Å². The van der Waals surface area contributed by atoms with Gasteiger partial charge in [-0.1, -0.05) is 35.9 Å². The van der Waals surface area contributed by atoms with E-state index >= 15 is 0 Å². The molecule has 0 radical (unpaired) electrons. The first kappa shape index (κ1) is 23.2. The molecule has 1 fully saturated rings. The van der Waals surface area contributed by atoms with Crippen LogP contribution in [0.1, 0.15) is 25.3 Å². The smallest absolute Gasteiger partial charge is 0.225 e. The van der Waals surface area contributed by atoms with Crippen LogP contribution in [0.15, 0.2) is 67.0 Å². The fourth-order valence-electron chi connectivity index (χ4n) is 4.57. The molecule has 0 bridgehead atoms. The molecule has 1 aliphatic rings. The molecule has 7 nitrogen and oxygen atoms in total. The first-order chi connectivity index (χ1) is 17.1. The quantitative estimate of drug-likeness (QED) is 0.396. The predicted octanol–water partition coefficient (Wildman–Crippen LogP) is 4.98. The summed E-state index contributed by atoms with van der Waals surface area (Å²) < 4.78 is 7.40. The van der Waals surface area contributed by atoms with Gasteiger partial charge in [-0.05, 0) is 55.7 Å². The van der Waals surface area contributed by atoms with Crippen molar-refractivity contribution < 1.29 is 9.53 Å². The van der Waals surface area contributed by atoms with Crippen molar-refractivity contribution in [1.29, 1.82) is 0 Å². The van der Waals surface area contributed by atoms with Crippen LogP contribution in [0.2, 0.25) is 5.02 Å². The average molecular weight is 490 g/mol. The van der Waals surface area contributed by atoms with Crippen LogP contribution in [0.4, 0.5) is 5.82 Å². The lowest BCUT2D eigenvalue weighted by atomic mass is 9.97. The van der Waals surface area contributed by atoms with Gasteiger partial charge >= 0.3 is 0 Å². The highest BCUT2D eigenvalue weighted by atomic mass is 35.5. The lowest BCUT2D eigenvalue weighted by Gasteiger charge is -2.33. The van der Waals surface area contributed by atoms with Crippen molar-refractivity contribution >= 4 is 28.8 Å². The van der Waals surface area contributed by atoms with E-state index < -0.39 is 0 Å². The summed E-state index contributed by atoms with van der Waals surface area (Å²) in [4.78, 5) is 19.9. The molecule has 0 saturated carbocycles. The Balaban J connectivity index is 1.30. The Morgan fingerprint density at radius 2 is 2.09 bits per heavy atom. The number of nitrogens with zero attached hydrogens (tertiary/aromatic N) is 4. The maximum atomic E-state index is 13.0. The summed E-state index contributed by atoms with van der Waals surface area (Å²) in [7, 11) is 0. The molecule has 1 saturated heterocycles. The number of benzene rings is 2. The van der Waals surface area contributed by atoms with Gasteiger partial charge in [0.2, 0.25) is 5.91 Å². The van der Waals surface area contributed by atoms with Crippen LogP contribution in [-0.2, 0) is 11.3 Å². The molecule has 0 unspecified atom stereocenters. The van der Waals surface area contributed by atoms with Gasteiger partial charge in [0, 0.05) is 42.6 Å². The molecule has 1 atom stereocenters. The first-order valence-corrected chi connectivity index (χ1v) is 12.3. The molecular weight excluding hydrogens is 462 g/mol. The summed E-state index contributed by atoms with van der Waals surface area (Å²) in [6, 6.07) is 17.5. The van der Waals surface area contributed by atoms with Crippen molar-refractivity contribution in [2.45, 2.75) is 26.3 Å². The topological polar surface area (TPSA) is 71.8 Å². The molecule has 3 heterocycles. The number of ether oxygens (including phenoxy) is 1. The minimum atomic E-state index is -0.101. The fourth-order valence-corrected chi connectivity index (χ4v) is 4.76. The molecule has 180 valence electrons. The van der Waals surface area contributed by atoms with Gasteiger partial charge in [-0.2, -0.15) is 5.10 Å². The van der Waals surface area contributed by atoms with E-state index in [1.807, 2.05) is 72.2 Å². The second-order valence-electron chi connectivity index (χ2n) is 8.70. The maximum Gasteiger partial charge on any atom is 0.225 e. The molecule has 0 spiro atoms. The van der Waals surface area contributed by atoms with Crippen LogP contribution in [0.25, 0.3) is 16.8 Å². The Morgan fingerprint density at radius 3 is 2.94 bits per heavy atom. The molecule has 2 aromatic heterocycles. The highest BCUT2D eigenvalue weighted by Gasteiger charge is 2.27. The van der Waals surface area contributed by atoms with E-state index in [9.17, 15) is 4.79 Å². The van der Waals surface area contributed by atoms with Gasteiger partial charge in [0.25, 0.3) is 0 Å². The number of carbonyl (C=O) groups excluding carboxylic acids is 1. The first-order valence-electron chi connectivity index (χ1n) is 12.0. The van der Waals surface area contributed by atoms with Crippen LogP contribution in [-0.4, -0.2) is 40.2 Å². The van der Waals surface area contributed by atoms with Gasteiger partial charge in [0.15, 0.2) is 5.82 Å². The summed E-state index contributed by atoms with van der Waals surface area (Å²) in [5.41, 5.74) is 3.73. The molecule has 1 N–H and O–H groups in total. The Hall–Kier alpha value is -3.58. The zero-order chi connectivity index (χ0) is 24.2. The lowest BCUT2D eigenvalue weighted by Crippen LogP contribution is -2.43. The van der Waals surface area contributed by atoms with Crippen molar-refractivity contribution in [1.82, 2.24) is 19.9 Å². The molecule has 1 aliphatic heterocycles. The zero-order valence-electron chi connectivity index (χ0n) is 19.7. The number of hydrogen-bond acceptors (Lipinski definition) is 5. The van der Waals surface area contributed by atoms with Crippen LogP contribution in [0.3, 0.4) is 0 Å². The van der Waals surface area contributed by atoms with Crippen LogP contribution in [0.5, 0.6) is 5.75 Å². The van der Waals surface area contributed by atoms with Crippen molar-refractivity contribution in [2.24, 2.45) is 5.92 Å². The predicted molar refractivity (Wildman–Crippen MR) is 138 cm³/mol. The number of anilines is 1. The van der Waals surface area contributed by atoms with Crippen LogP contribution < -0.4 is 15.0 Å². The molecule has 5 rings (SSSR count). The van der Waals surface area contributed by atoms with Crippen LogP contribution in [0, 0.1) is 5.92 Å². The second-order valence-corrected chi connectivity index (χ2v) is 9.14. The van der Waals surface area contributed by atoms with Crippen molar-refractivity contribution in [3.63, 3.8) is 0 Å². The summed E-state index contributed by atoms with van der Waals surface area (Å²) >= 11 is 6.18. The number of hydrogen-bond donors (Lipinski definition) is 1. The molecule has 35 heavy (non-hydrogen) atoms. The minimum Gasteiger partial charge on any atom is -0.494 e. The summed E-state index contributed by atoms with van der Waals surface area (Å²) in [6.45, 7) is 4.53. The van der Waals surface area contributed by atoms with Gasteiger partial charge in [0.05, 0.1) is 18.2 Å². The maximum absolute atomic E-state index is 13.0. The van der Waals surface area contributed by atoms with E-state index in [2.05, 4.69) is 15.2 Å². The zero-order valence-corrected chi connectivity index (χ0v) is 20.4. The largest absolute Gasteiger partial charge is 0.494 e. The normalized spacial score (nSPS) is 15.8. The number of amides is 1. The fraction of sp³-hybridized carbons (Fsp3) is 0.296. The van der Waals surface area contributed by atoms with Gasteiger partial charge in [0.1, 0.15) is 11.3 Å².